The van der Waals surface area contributed by atoms with Gasteiger partial charge in [-0.25, -0.2) is 9.97 Å². The van der Waals surface area contributed by atoms with E-state index in [9.17, 15) is 4.79 Å². The number of rotatable bonds is 5. The number of benzene rings is 1. The molecule has 0 unspecified atom stereocenters. The van der Waals surface area contributed by atoms with Gasteiger partial charge in [0.25, 0.3) is 0 Å². The average Bonchev–Trinajstić information content (AvgIpc) is 3.23. The van der Waals surface area contributed by atoms with Crippen LogP contribution < -0.4 is 4.90 Å². The summed E-state index contributed by atoms with van der Waals surface area (Å²) in [6, 6.07) is 9.91. The normalized spacial score (nSPS) is 14.4. The highest BCUT2D eigenvalue weighted by molar-refractivity contribution is 5.76. The summed E-state index contributed by atoms with van der Waals surface area (Å²) in [6.07, 6.45) is 3.45. The summed E-state index contributed by atoms with van der Waals surface area (Å²) in [7, 11) is 0. The first-order chi connectivity index (χ1) is 14.1. The second-order valence-electron chi connectivity index (χ2n) is 7.34. The first kappa shape index (κ1) is 19.0. The Morgan fingerprint density at radius 2 is 1.72 bits per heavy atom. The van der Waals surface area contributed by atoms with Gasteiger partial charge in [0.05, 0.1) is 0 Å². The Kier molecular flexibility index (Phi) is 5.46. The quantitative estimate of drug-likeness (QED) is 0.651. The minimum atomic E-state index is -0.0160. The summed E-state index contributed by atoms with van der Waals surface area (Å²) in [6.45, 7) is 7.04. The maximum Gasteiger partial charge on any atom is 0.246 e. The molecule has 0 aliphatic carbocycles. The van der Waals surface area contributed by atoms with E-state index in [-0.39, 0.29) is 12.5 Å². The van der Waals surface area contributed by atoms with Crippen LogP contribution in [0.25, 0.3) is 11.4 Å². The second kappa shape index (κ2) is 8.34. The van der Waals surface area contributed by atoms with Crippen molar-refractivity contribution in [1.29, 1.82) is 0 Å². The highest BCUT2D eigenvalue weighted by atomic mass is 16.2. The molecule has 9 heteroatoms. The number of piperazine rings is 1. The van der Waals surface area contributed by atoms with E-state index < -0.39 is 0 Å². The molecule has 1 saturated heterocycles. The Balaban J connectivity index is 1.34. The van der Waals surface area contributed by atoms with Gasteiger partial charge in [-0.2, -0.15) is 4.80 Å². The Bertz CT molecular complexity index is 946. The van der Waals surface area contributed by atoms with Gasteiger partial charge in [-0.1, -0.05) is 38.1 Å². The van der Waals surface area contributed by atoms with E-state index in [1.165, 1.54) is 10.4 Å². The van der Waals surface area contributed by atoms with Crippen molar-refractivity contribution >= 4 is 11.9 Å². The third-order valence-electron chi connectivity index (χ3n) is 5.03. The second-order valence-corrected chi connectivity index (χ2v) is 7.34. The van der Waals surface area contributed by atoms with Crippen LogP contribution in [0.3, 0.4) is 0 Å². The fraction of sp³-hybridized carbons (Fsp3) is 0.400. The third kappa shape index (κ3) is 4.39. The fourth-order valence-electron chi connectivity index (χ4n) is 3.27. The van der Waals surface area contributed by atoms with Gasteiger partial charge >= 0.3 is 0 Å². The average molecular weight is 392 g/mol. The van der Waals surface area contributed by atoms with Crippen LogP contribution in [-0.4, -0.2) is 67.2 Å². The molecule has 3 aromatic rings. The monoisotopic (exact) mass is 392 g/mol. The van der Waals surface area contributed by atoms with Crippen molar-refractivity contribution in [3.8, 4) is 11.4 Å². The van der Waals surface area contributed by atoms with E-state index in [2.05, 4.69) is 56.3 Å². The van der Waals surface area contributed by atoms with Gasteiger partial charge < -0.3 is 9.80 Å². The zero-order valence-electron chi connectivity index (χ0n) is 16.6. The summed E-state index contributed by atoms with van der Waals surface area (Å²) >= 11 is 0. The van der Waals surface area contributed by atoms with Crippen LogP contribution in [0.2, 0.25) is 0 Å². The van der Waals surface area contributed by atoms with Crippen LogP contribution in [0.4, 0.5) is 5.95 Å². The molecule has 0 N–H and O–H groups in total. The molecule has 1 amide bonds. The molecule has 150 valence electrons. The molecular weight excluding hydrogens is 368 g/mol. The number of nitrogens with zero attached hydrogens (tertiary/aromatic N) is 8. The van der Waals surface area contributed by atoms with Gasteiger partial charge in [-0.05, 0) is 22.8 Å². The zero-order chi connectivity index (χ0) is 20.2. The molecule has 3 heterocycles. The number of anilines is 1. The van der Waals surface area contributed by atoms with Crippen LogP contribution in [0.5, 0.6) is 0 Å². The minimum Gasteiger partial charge on any atom is -0.337 e. The van der Waals surface area contributed by atoms with E-state index in [0.29, 0.717) is 43.9 Å². The number of hydrogen-bond acceptors (Lipinski definition) is 7. The van der Waals surface area contributed by atoms with Crippen molar-refractivity contribution < 1.29 is 4.79 Å². The van der Waals surface area contributed by atoms with Gasteiger partial charge in [0.15, 0.2) is 0 Å². The summed E-state index contributed by atoms with van der Waals surface area (Å²) in [5.74, 6) is 1.68. The lowest BCUT2D eigenvalue weighted by atomic mass is 10.0. The van der Waals surface area contributed by atoms with Crippen LogP contribution in [0.15, 0.2) is 42.7 Å². The number of aromatic nitrogens is 6. The largest absolute Gasteiger partial charge is 0.337 e. The van der Waals surface area contributed by atoms with E-state index in [1.54, 1.807) is 18.5 Å². The van der Waals surface area contributed by atoms with Crippen molar-refractivity contribution in [3.05, 3.63) is 48.3 Å². The van der Waals surface area contributed by atoms with E-state index in [1.807, 2.05) is 17.0 Å². The van der Waals surface area contributed by atoms with Gasteiger partial charge in [-0.15, -0.1) is 10.2 Å². The van der Waals surface area contributed by atoms with Crippen LogP contribution in [0, 0.1) is 0 Å². The predicted octanol–water partition coefficient (Wildman–Crippen LogP) is 1.60. The molecule has 29 heavy (non-hydrogen) atoms. The molecule has 2 aromatic heterocycles. The first-order valence-electron chi connectivity index (χ1n) is 9.78. The van der Waals surface area contributed by atoms with Gasteiger partial charge in [0, 0.05) is 44.1 Å². The Hall–Kier alpha value is -3.36. The lowest BCUT2D eigenvalue weighted by molar-refractivity contribution is -0.132. The first-order valence-corrected chi connectivity index (χ1v) is 9.78. The van der Waals surface area contributed by atoms with Crippen molar-refractivity contribution in [1.82, 2.24) is 35.1 Å². The van der Waals surface area contributed by atoms with E-state index >= 15 is 0 Å². The molecule has 0 bridgehead atoms. The molecule has 0 radical (unpaired) electrons. The van der Waals surface area contributed by atoms with Crippen LogP contribution in [0.1, 0.15) is 25.3 Å². The smallest absolute Gasteiger partial charge is 0.246 e. The van der Waals surface area contributed by atoms with Crippen LogP contribution >= 0.6 is 0 Å². The molecular formula is C20H24N8O. The number of tetrazole rings is 1. The predicted molar refractivity (Wildman–Crippen MR) is 108 cm³/mol. The molecule has 4 rings (SSSR count). The highest BCUT2D eigenvalue weighted by Gasteiger charge is 2.23. The van der Waals surface area contributed by atoms with Crippen molar-refractivity contribution in [2.24, 2.45) is 0 Å². The Morgan fingerprint density at radius 3 is 2.38 bits per heavy atom. The lowest BCUT2D eigenvalue weighted by Gasteiger charge is -2.34. The number of carbonyl (C=O) groups is 1. The SMILES string of the molecule is CC(C)c1ccc(-c2nnn(CC(=O)N3CCN(c4ncccn4)CC3)n2)cc1. The van der Waals surface area contributed by atoms with Crippen LogP contribution in [-0.2, 0) is 11.3 Å². The topological polar surface area (TPSA) is 92.9 Å². The van der Waals surface area contributed by atoms with E-state index in [4.69, 9.17) is 0 Å². The molecule has 1 aromatic carbocycles. The molecule has 1 aliphatic rings. The van der Waals surface area contributed by atoms with E-state index in [0.717, 1.165) is 5.56 Å². The van der Waals surface area contributed by atoms with Gasteiger partial charge in [0.1, 0.15) is 6.54 Å². The number of hydrogen-bond donors (Lipinski definition) is 0. The van der Waals surface area contributed by atoms with Crippen molar-refractivity contribution in [3.63, 3.8) is 0 Å². The number of carbonyl (C=O) groups excluding carboxylic acids is 1. The summed E-state index contributed by atoms with van der Waals surface area (Å²) in [5, 5.41) is 12.5. The molecule has 0 spiro atoms. The maximum atomic E-state index is 12.6. The number of amides is 1. The molecule has 1 fully saturated rings. The third-order valence-corrected chi connectivity index (χ3v) is 5.03. The van der Waals surface area contributed by atoms with Gasteiger partial charge in [-0.3, -0.25) is 4.79 Å². The standard InChI is InChI=1S/C20H24N8O/c1-15(2)16-4-6-17(7-5-16)19-23-25-28(24-19)14-18(29)26-10-12-27(13-11-26)20-21-8-3-9-22-20/h3-9,15H,10-14H2,1-2H3. The molecule has 1 aliphatic heterocycles. The minimum absolute atomic E-state index is 0.0160. The summed E-state index contributed by atoms with van der Waals surface area (Å²) in [5.41, 5.74) is 2.15. The molecule has 9 nitrogen and oxygen atoms in total. The highest BCUT2D eigenvalue weighted by Crippen LogP contribution is 2.19. The Morgan fingerprint density at radius 1 is 1.03 bits per heavy atom. The van der Waals surface area contributed by atoms with Gasteiger partial charge in [0.2, 0.25) is 17.7 Å². The lowest BCUT2D eigenvalue weighted by Crippen LogP contribution is -2.50. The summed E-state index contributed by atoms with van der Waals surface area (Å²) in [4.78, 5) is 26.4. The Labute approximate surface area is 169 Å². The molecule has 0 saturated carbocycles. The zero-order valence-corrected chi connectivity index (χ0v) is 16.6. The van der Waals surface area contributed by atoms with Crippen molar-refractivity contribution in [2.75, 3.05) is 31.1 Å². The molecule has 0 atom stereocenters. The van der Waals surface area contributed by atoms with Crippen molar-refractivity contribution in [2.45, 2.75) is 26.3 Å². The fourth-order valence-corrected chi connectivity index (χ4v) is 3.27. The maximum absolute atomic E-state index is 12.6. The summed E-state index contributed by atoms with van der Waals surface area (Å²) < 4.78 is 0.